The van der Waals surface area contributed by atoms with Gasteiger partial charge in [0.15, 0.2) is 0 Å². The molecule has 5 heteroatoms. The van der Waals surface area contributed by atoms with Crippen molar-refractivity contribution in [1.29, 1.82) is 0 Å². The fraction of sp³-hybridized carbons (Fsp3) is 0.852. The van der Waals surface area contributed by atoms with E-state index in [4.69, 9.17) is 9.72 Å². The smallest absolute Gasteiger partial charge is 0.233 e. The quantitative estimate of drug-likeness (QED) is 0.185. The molecular weight excluding hydrogens is 462 g/mol. The van der Waals surface area contributed by atoms with Crippen LogP contribution in [-0.2, 0) is 6.42 Å². The molecule has 1 fully saturated rings. The number of aryl methyl sites for hydroxylation is 1. The first-order valence-electron chi connectivity index (χ1n) is 13.5. The molecule has 2 rings (SSSR count). The third-order valence-corrected chi connectivity index (χ3v) is 7.42. The van der Waals surface area contributed by atoms with Gasteiger partial charge in [0.05, 0.1) is 5.69 Å². The summed E-state index contributed by atoms with van der Waals surface area (Å²) in [6.45, 7) is 2.29. The standard InChI is InChI=1S/C27H48BrN3O/c1-4-5-6-7-8-9-10-11-12-13-14-15-16-17-22-24-25(28)26(30-27(29-24)31(2)3)32-23-20-18-19-21-23/h23H,4-22H2,1-3H3. The monoisotopic (exact) mass is 509 g/mol. The van der Waals surface area contributed by atoms with Crippen molar-refractivity contribution < 1.29 is 4.74 Å². The highest BCUT2D eigenvalue weighted by molar-refractivity contribution is 9.10. The molecular formula is C27H48BrN3O. The predicted molar refractivity (Wildman–Crippen MR) is 141 cm³/mol. The van der Waals surface area contributed by atoms with Gasteiger partial charge in [-0.15, -0.1) is 0 Å². The first-order chi connectivity index (χ1) is 15.6. The van der Waals surface area contributed by atoms with Gasteiger partial charge >= 0.3 is 0 Å². The van der Waals surface area contributed by atoms with Gasteiger partial charge in [0.2, 0.25) is 11.8 Å². The number of nitrogens with zero attached hydrogens (tertiary/aromatic N) is 3. The highest BCUT2D eigenvalue weighted by Gasteiger charge is 2.21. The molecule has 0 N–H and O–H groups in total. The topological polar surface area (TPSA) is 38.2 Å². The van der Waals surface area contributed by atoms with E-state index in [9.17, 15) is 0 Å². The molecule has 1 aliphatic rings. The second-order valence-electron chi connectivity index (χ2n) is 9.85. The van der Waals surface area contributed by atoms with Gasteiger partial charge in [0.25, 0.3) is 0 Å². The van der Waals surface area contributed by atoms with Gasteiger partial charge < -0.3 is 9.64 Å². The molecule has 0 aromatic carbocycles. The zero-order valence-electron chi connectivity index (χ0n) is 21.1. The highest BCUT2D eigenvalue weighted by Crippen LogP contribution is 2.32. The first kappa shape index (κ1) is 27.4. The minimum Gasteiger partial charge on any atom is -0.473 e. The van der Waals surface area contributed by atoms with Crippen molar-refractivity contribution in [3.05, 3.63) is 10.2 Å². The molecule has 1 heterocycles. The van der Waals surface area contributed by atoms with Crippen molar-refractivity contribution in [2.75, 3.05) is 19.0 Å². The Labute approximate surface area is 206 Å². The molecule has 1 aromatic heterocycles. The lowest BCUT2D eigenvalue weighted by Crippen LogP contribution is -2.18. The van der Waals surface area contributed by atoms with E-state index in [1.807, 2.05) is 19.0 Å². The Morgan fingerprint density at radius 1 is 0.781 bits per heavy atom. The van der Waals surface area contributed by atoms with Crippen LogP contribution in [0.3, 0.4) is 0 Å². The van der Waals surface area contributed by atoms with E-state index >= 15 is 0 Å². The molecule has 0 saturated heterocycles. The second kappa shape index (κ2) is 16.7. The fourth-order valence-corrected chi connectivity index (χ4v) is 5.02. The Bertz CT molecular complexity index is 617. The molecule has 184 valence electrons. The molecule has 4 nitrogen and oxygen atoms in total. The molecule has 0 radical (unpaired) electrons. The lowest BCUT2D eigenvalue weighted by atomic mass is 10.0. The SMILES string of the molecule is CCCCCCCCCCCCCCCCc1nc(N(C)C)nc(OC2CCCC2)c1Br. The summed E-state index contributed by atoms with van der Waals surface area (Å²) in [7, 11) is 4.00. The van der Waals surface area contributed by atoms with Crippen molar-refractivity contribution in [3.8, 4) is 5.88 Å². The van der Waals surface area contributed by atoms with Crippen LogP contribution in [0.15, 0.2) is 4.47 Å². The van der Waals surface area contributed by atoms with Crippen LogP contribution in [0.2, 0.25) is 0 Å². The van der Waals surface area contributed by atoms with E-state index in [-0.39, 0.29) is 0 Å². The van der Waals surface area contributed by atoms with Crippen molar-refractivity contribution in [2.45, 2.75) is 135 Å². The number of hydrogen-bond donors (Lipinski definition) is 0. The van der Waals surface area contributed by atoms with Crippen molar-refractivity contribution in [1.82, 2.24) is 9.97 Å². The Balaban J connectivity index is 1.60. The third-order valence-electron chi connectivity index (χ3n) is 6.63. The normalized spacial score (nSPS) is 14.2. The number of anilines is 1. The number of rotatable bonds is 18. The fourth-order valence-electron chi connectivity index (χ4n) is 4.55. The summed E-state index contributed by atoms with van der Waals surface area (Å²) in [6.07, 6.45) is 25.5. The average molecular weight is 511 g/mol. The van der Waals surface area contributed by atoms with Gasteiger partial charge in [-0.1, -0.05) is 90.4 Å². The summed E-state index contributed by atoms with van der Waals surface area (Å²) in [5.41, 5.74) is 1.09. The summed E-state index contributed by atoms with van der Waals surface area (Å²) in [5.74, 6) is 1.48. The molecule has 0 atom stereocenters. The van der Waals surface area contributed by atoms with E-state index in [1.165, 1.54) is 103 Å². The van der Waals surface area contributed by atoms with Crippen LogP contribution in [0.1, 0.15) is 128 Å². The van der Waals surface area contributed by atoms with E-state index in [2.05, 4.69) is 27.8 Å². The zero-order chi connectivity index (χ0) is 23.0. The highest BCUT2D eigenvalue weighted by atomic mass is 79.9. The van der Waals surface area contributed by atoms with Crippen LogP contribution in [0.25, 0.3) is 0 Å². The molecule has 1 saturated carbocycles. The average Bonchev–Trinajstić information content (AvgIpc) is 3.29. The van der Waals surface area contributed by atoms with Crippen LogP contribution in [0.5, 0.6) is 5.88 Å². The van der Waals surface area contributed by atoms with Crippen LogP contribution in [-0.4, -0.2) is 30.2 Å². The van der Waals surface area contributed by atoms with Crippen molar-refractivity contribution >= 4 is 21.9 Å². The summed E-state index contributed by atoms with van der Waals surface area (Å²) in [4.78, 5) is 11.4. The lowest BCUT2D eigenvalue weighted by Gasteiger charge is -2.18. The van der Waals surface area contributed by atoms with Crippen LogP contribution in [0, 0.1) is 0 Å². The van der Waals surface area contributed by atoms with Crippen LogP contribution >= 0.6 is 15.9 Å². The van der Waals surface area contributed by atoms with Gasteiger partial charge in [0, 0.05) is 14.1 Å². The van der Waals surface area contributed by atoms with Gasteiger partial charge in [-0.2, -0.15) is 4.98 Å². The maximum Gasteiger partial charge on any atom is 0.233 e. The Hall–Kier alpha value is -0.840. The van der Waals surface area contributed by atoms with Crippen LogP contribution < -0.4 is 9.64 Å². The molecule has 1 aromatic rings. The summed E-state index contributed by atoms with van der Waals surface area (Å²) in [5, 5.41) is 0. The molecule has 0 spiro atoms. The Morgan fingerprint density at radius 2 is 1.28 bits per heavy atom. The number of aromatic nitrogens is 2. The molecule has 0 aliphatic heterocycles. The van der Waals surface area contributed by atoms with Gasteiger partial charge in [0.1, 0.15) is 10.6 Å². The summed E-state index contributed by atoms with van der Waals surface area (Å²) >= 11 is 3.74. The number of ether oxygens (including phenoxy) is 1. The third kappa shape index (κ3) is 10.9. The Kier molecular flexibility index (Phi) is 14.3. The van der Waals surface area contributed by atoms with Crippen molar-refractivity contribution in [2.24, 2.45) is 0 Å². The molecule has 1 aliphatic carbocycles. The number of halogens is 1. The maximum absolute atomic E-state index is 6.24. The number of unbranched alkanes of at least 4 members (excludes halogenated alkanes) is 13. The lowest BCUT2D eigenvalue weighted by molar-refractivity contribution is 0.199. The van der Waals surface area contributed by atoms with Crippen molar-refractivity contribution in [3.63, 3.8) is 0 Å². The molecule has 32 heavy (non-hydrogen) atoms. The number of hydrogen-bond acceptors (Lipinski definition) is 4. The molecule has 0 bridgehead atoms. The van der Waals surface area contributed by atoms with Gasteiger partial charge in [-0.25, -0.2) is 4.98 Å². The molecule has 0 unspecified atom stereocenters. The van der Waals surface area contributed by atoms with Gasteiger partial charge in [-0.05, 0) is 54.5 Å². The van der Waals surface area contributed by atoms with E-state index in [0.717, 1.165) is 41.3 Å². The minimum atomic E-state index is 0.310. The minimum absolute atomic E-state index is 0.310. The zero-order valence-corrected chi connectivity index (χ0v) is 22.7. The second-order valence-corrected chi connectivity index (χ2v) is 10.6. The summed E-state index contributed by atoms with van der Waals surface area (Å²) < 4.78 is 7.20. The van der Waals surface area contributed by atoms with E-state index < -0.39 is 0 Å². The maximum atomic E-state index is 6.24. The first-order valence-corrected chi connectivity index (χ1v) is 14.3. The van der Waals surface area contributed by atoms with Gasteiger partial charge in [-0.3, -0.25) is 0 Å². The largest absolute Gasteiger partial charge is 0.473 e. The van der Waals surface area contributed by atoms with Crippen LogP contribution in [0.4, 0.5) is 5.95 Å². The van der Waals surface area contributed by atoms with E-state index in [1.54, 1.807) is 0 Å². The van der Waals surface area contributed by atoms with E-state index in [0.29, 0.717) is 6.10 Å². The summed E-state index contributed by atoms with van der Waals surface area (Å²) in [6, 6.07) is 0. The molecule has 0 amide bonds. The Morgan fingerprint density at radius 3 is 1.78 bits per heavy atom. The predicted octanol–water partition coefficient (Wildman–Crippen LogP) is 8.65.